The summed E-state index contributed by atoms with van der Waals surface area (Å²) >= 11 is 1.32. The van der Waals surface area contributed by atoms with E-state index >= 15 is 0 Å². The maximum absolute atomic E-state index is 13.6. The molecule has 0 atom stereocenters. The van der Waals surface area contributed by atoms with Crippen LogP contribution in [0.15, 0.2) is 41.9 Å². The molecule has 4 heterocycles. The van der Waals surface area contributed by atoms with E-state index < -0.39 is 6.17 Å². The first kappa shape index (κ1) is 23.4. The molecule has 0 amide bonds. The predicted molar refractivity (Wildman–Crippen MR) is 123 cm³/mol. The van der Waals surface area contributed by atoms with Gasteiger partial charge < -0.3 is 14.4 Å². The summed E-state index contributed by atoms with van der Waals surface area (Å²) in [7, 11) is 1.59. The van der Waals surface area contributed by atoms with Crippen LogP contribution >= 0.6 is 11.8 Å². The number of hydrogen-bond donors (Lipinski definition) is 0. The first-order chi connectivity index (χ1) is 16.6. The highest BCUT2D eigenvalue weighted by Crippen LogP contribution is 2.39. The van der Waals surface area contributed by atoms with E-state index in [1.807, 2.05) is 0 Å². The van der Waals surface area contributed by atoms with Crippen LogP contribution in [-0.4, -0.2) is 59.5 Å². The number of anilines is 1. The van der Waals surface area contributed by atoms with Crippen LogP contribution in [0.3, 0.4) is 0 Å². The summed E-state index contributed by atoms with van der Waals surface area (Å²) < 4.78 is 24.2. The Morgan fingerprint density at radius 3 is 2.59 bits per heavy atom. The number of rotatable bonds is 9. The van der Waals surface area contributed by atoms with Crippen LogP contribution in [0, 0.1) is 22.7 Å². The molecule has 4 rings (SSSR count). The Hall–Kier alpha value is -3.80. The van der Waals surface area contributed by atoms with Crippen molar-refractivity contribution in [3.8, 4) is 29.1 Å². The Bertz CT molecular complexity index is 1220. The van der Waals surface area contributed by atoms with Gasteiger partial charge in [0.2, 0.25) is 0 Å². The molecule has 3 aromatic heterocycles. The lowest BCUT2D eigenvalue weighted by molar-refractivity contribution is 0.146. The smallest absolute Gasteiger partial charge is 0.148 e. The van der Waals surface area contributed by atoms with Crippen LogP contribution in [0.1, 0.15) is 16.8 Å². The molecule has 9 nitrogen and oxygen atoms in total. The zero-order chi connectivity index (χ0) is 23.9. The Kier molecular flexibility index (Phi) is 7.48. The number of halogens is 1. The lowest BCUT2D eigenvalue weighted by atomic mass is 9.99. The highest BCUT2D eigenvalue weighted by atomic mass is 32.2. The highest BCUT2D eigenvalue weighted by molar-refractivity contribution is 7.98. The van der Waals surface area contributed by atoms with Gasteiger partial charge in [-0.15, -0.1) is 0 Å². The normalized spacial score (nSPS) is 13.1. The third-order valence-electron chi connectivity index (χ3n) is 5.05. The average Bonchev–Trinajstić information content (AvgIpc) is 2.86. The predicted octanol–water partition coefficient (Wildman–Crippen LogP) is 3.15. The summed E-state index contributed by atoms with van der Waals surface area (Å²) in [5.41, 5.74) is 1.98. The van der Waals surface area contributed by atoms with Crippen molar-refractivity contribution in [2.24, 2.45) is 0 Å². The molecule has 0 N–H and O–H groups in total. The van der Waals surface area contributed by atoms with Gasteiger partial charge in [-0.1, -0.05) is 11.8 Å². The summed E-state index contributed by atoms with van der Waals surface area (Å²) in [6.45, 7) is 1.09. The maximum atomic E-state index is 13.6. The molecular formula is C23H20FN7O2S. The van der Waals surface area contributed by atoms with Crippen molar-refractivity contribution < 1.29 is 13.9 Å². The SMILES string of the molecule is COCCOc1ccc(-c2c(C#N)c(SCc3ccncn3)nc(N3CC(F)C3)c2C#N)nc1. The van der Waals surface area contributed by atoms with Crippen molar-refractivity contribution in [2.45, 2.75) is 17.0 Å². The van der Waals surface area contributed by atoms with Crippen molar-refractivity contribution in [1.29, 1.82) is 10.5 Å². The molecule has 0 aliphatic carbocycles. The third-order valence-corrected chi connectivity index (χ3v) is 6.06. The van der Waals surface area contributed by atoms with Crippen LogP contribution in [0.25, 0.3) is 11.3 Å². The molecule has 0 unspecified atom stereocenters. The number of methoxy groups -OCH3 is 1. The number of nitrogens with zero attached hydrogens (tertiary/aromatic N) is 7. The van der Waals surface area contributed by atoms with E-state index in [0.29, 0.717) is 46.8 Å². The molecule has 11 heteroatoms. The molecule has 0 bridgehead atoms. The van der Waals surface area contributed by atoms with E-state index in [1.165, 1.54) is 24.3 Å². The van der Waals surface area contributed by atoms with Gasteiger partial charge in [-0.3, -0.25) is 4.98 Å². The second-order valence-electron chi connectivity index (χ2n) is 7.30. The van der Waals surface area contributed by atoms with Crippen LogP contribution in [0.2, 0.25) is 0 Å². The molecule has 172 valence electrons. The molecular weight excluding hydrogens is 457 g/mol. The zero-order valence-corrected chi connectivity index (χ0v) is 19.1. The Morgan fingerprint density at radius 2 is 1.97 bits per heavy atom. The number of alkyl halides is 1. The van der Waals surface area contributed by atoms with Crippen molar-refractivity contribution in [3.63, 3.8) is 0 Å². The van der Waals surface area contributed by atoms with Crippen LogP contribution < -0.4 is 9.64 Å². The fourth-order valence-electron chi connectivity index (χ4n) is 3.35. The van der Waals surface area contributed by atoms with Gasteiger partial charge in [-0.2, -0.15) is 10.5 Å². The van der Waals surface area contributed by atoms with E-state index in [-0.39, 0.29) is 24.2 Å². The minimum absolute atomic E-state index is 0.142. The lowest BCUT2D eigenvalue weighted by Gasteiger charge is -2.36. The van der Waals surface area contributed by atoms with Gasteiger partial charge in [-0.05, 0) is 18.2 Å². The van der Waals surface area contributed by atoms with Crippen molar-refractivity contribution in [3.05, 3.63) is 53.7 Å². The highest BCUT2D eigenvalue weighted by Gasteiger charge is 2.32. The average molecular weight is 478 g/mol. The summed E-state index contributed by atoms with van der Waals surface area (Å²) in [6, 6.07) is 9.54. The Balaban J connectivity index is 1.76. The minimum Gasteiger partial charge on any atom is -0.490 e. The number of thioether (sulfide) groups is 1. The van der Waals surface area contributed by atoms with Gasteiger partial charge in [0, 0.05) is 24.6 Å². The Morgan fingerprint density at radius 1 is 1.15 bits per heavy atom. The molecule has 0 radical (unpaired) electrons. The topological polar surface area (TPSA) is 121 Å². The molecule has 1 saturated heterocycles. The monoisotopic (exact) mass is 477 g/mol. The molecule has 1 fully saturated rings. The fourth-order valence-corrected chi connectivity index (χ4v) is 4.25. The largest absolute Gasteiger partial charge is 0.490 e. The maximum Gasteiger partial charge on any atom is 0.148 e. The fraction of sp³-hybridized carbons (Fsp3) is 0.304. The van der Waals surface area contributed by atoms with Gasteiger partial charge in [0.25, 0.3) is 0 Å². The van der Waals surface area contributed by atoms with Crippen LogP contribution in [0.5, 0.6) is 5.75 Å². The van der Waals surface area contributed by atoms with E-state index in [4.69, 9.17) is 9.47 Å². The molecule has 0 spiro atoms. The quantitative estimate of drug-likeness (QED) is 0.336. The number of ether oxygens (including phenoxy) is 2. The molecule has 0 saturated carbocycles. The van der Waals surface area contributed by atoms with E-state index in [1.54, 1.807) is 36.4 Å². The molecule has 1 aliphatic heterocycles. The summed E-state index contributed by atoms with van der Waals surface area (Å²) in [5, 5.41) is 20.5. The molecule has 34 heavy (non-hydrogen) atoms. The van der Waals surface area contributed by atoms with Gasteiger partial charge in [-0.25, -0.2) is 19.3 Å². The van der Waals surface area contributed by atoms with Crippen molar-refractivity contribution in [2.75, 3.05) is 38.3 Å². The van der Waals surface area contributed by atoms with Crippen molar-refractivity contribution >= 4 is 17.6 Å². The summed E-state index contributed by atoms with van der Waals surface area (Å²) in [4.78, 5) is 18.9. The van der Waals surface area contributed by atoms with Gasteiger partial charge in [0.1, 0.15) is 53.4 Å². The second-order valence-corrected chi connectivity index (χ2v) is 8.27. The van der Waals surface area contributed by atoms with Gasteiger partial charge in [0.15, 0.2) is 0 Å². The summed E-state index contributed by atoms with van der Waals surface area (Å²) in [6.07, 6.45) is 3.64. The molecule has 3 aromatic rings. The minimum atomic E-state index is -0.980. The summed E-state index contributed by atoms with van der Waals surface area (Å²) in [5.74, 6) is 1.33. The Labute approximate surface area is 200 Å². The first-order valence-corrected chi connectivity index (χ1v) is 11.4. The standard InChI is InChI=1S/C23H20FN7O2S/c1-32-6-7-33-17-2-3-20(28-10-17)21-18(8-25)22(31-11-15(24)12-31)30-23(19(21)9-26)34-13-16-4-5-27-14-29-16/h2-5,10,14-15H,6-7,11-13H2,1H3. The van der Waals surface area contributed by atoms with Crippen LogP contribution in [-0.2, 0) is 10.5 Å². The zero-order valence-electron chi connectivity index (χ0n) is 18.3. The van der Waals surface area contributed by atoms with Gasteiger partial charge in [0.05, 0.1) is 42.8 Å². The van der Waals surface area contributed by atoms with E-state index in [0.717, 1.165) is 5.69 Å². The number of pyridine rings is 2. The number of aromatic nitrogens is 4. The van der Waals surface area contributed by atoms with E-state index in [9.17, 15) is 14.9 Å². The first-order valence-electron chi connectivity index (χ1n) is 10.4. The molecule has 1 aliphatic rings. The number of hydrogen-bond acceptors (Lipinski definition) is 10. The second kappa shape index (κ2) is 10.9. The molecule has 0 aromatic carbocycles. The lowest BCUT2D eigenvalue weighted by Crippen LogP contribution is -2.49. The van der Waals surface area contributed by atoms with Crippen LogP contribution in [0.4, 0.5) is 10.2 Å². The number of nitriles is 2. The van der Waals surface area contributed by atoms with E-state index in [2.05, 4.69) is 32.1 Å². The van der Waals surface area contributed by atoms with Gasteiger partial charge >= 0.3 is 0 Å². The third kappa shape index (κ3) is 5.06. The van der Waals surface area contributed by atoms with Crippen molar-refractivity contribution in [1.82, 2.24) is 19.9 Å².